The van der Waals surface area contributed by atoms with Gasteiger partial charge in [0, 0.05) is 26.8 Å². The molecule has 0 aliphatic rings. The van der Waals surface area contributed by atoms with Gasteiger partial charge in [0.2, 0.25) is 0 Å². The molecule has 0 bridgehead atoms. The van der Waals surface area contributed by atoms with Crippen LogP contribution in [0.3, 0.4) is 0 Å². The molecule has 0 atom stereocenters. The van der Waals surface area contributed by atoms with Crippen LogP contribution in [0.2, 0.25) is 0 Å². The lowest BCUT2D eigenvalue weighted by atomic mass is 10.1. The van der Waals surface area contributed by atoms with E-state index in [2.05, 4.69) is 21.2 Å². The molecule has 5 aromatic rings. The predicted molar refractivity (Wildman–Crippen MR) is 157 cm³/mol. The molecule has 1 heterocycles. The van der Waals surface area contributed by atoms with Gasteiger partial charge in [-0.25, -0.2) is 9.59 Å². The van der Waals surface area contributed by atoms with Gasteiger partial charge in [0.15, 0.2) is 0 Å². The summed E-state index contributed by atoms with van der Waals surface area (Å²) >= 11 is 3.36. The average Bonchev–Trinajstić information content (AvgIpc) is 3.24. The molecule has 0 saturated carbocycles. The summed E-state index contributed by atoms with van der Waals surface area (Å²) in [4.78, 5) is 39.1. The van der Waals surface area contributed by atoms with E-state index in [9.17, 15) is 14.4 Å². The highest BCUT2D eigenvalue weighted by atomic mass is 79.9. The van der Waals surface area contributed by atoms with Gasteiger partial charge in [0.05, 0.1) is 28.9 Å². The molecular weight excluding hydrogens is 572 g/mol. The number of nitrogens with zero attached hydrogens (tertiary/aromatic N) is 1. The van der Waals surface area contributed by atoms with E-state index in [1.165, 1.54) is 0 Å². The molecule has 40 heavy (non-hydrogen) atoms. The predicted octanol–water partition coefficient (Wildman–Crippen LogP) is 7.35. The lowest BCUT2D eigenvalue weighted by molar-refractivity contribution is 0.0527. The Labute approximate surface area is 239 Å². The fourth-order valence-electron chi connectivity index (χ4n) is 4.59. The maximum Gasteiger partial charge on any atom is 0.345 e. The van der Waals surface area contributed by atoms with Gasteiger partial charge in [-0.05, 0) is 74.5 Å². The minimum Gasteiger partial charge on any atom is -0.462 e. The first-order chi connectivity index (χ1) is 19.4. The fraction of sp³-hybridized carbons (Fsp3) is 0.0938. The number of halogens is 1. The molecule has 0 aliphatic heterocycles. The van der Waals surface area contributed by atoms with Crippen LogP contribution in [-0.4, -0.2) is 29.0 Å². The Balaban J connectivity index is 1.48. The van der Waals surface area contributed by atoms with Crippen molar-refractivity contribution in [2.24, 2.45) is 0 Å². The van der Waals surface area contributed by atoms with Gasteiger partial charge in [-0.1, -0.05) is 52.3 Å². The Morgan fingerprint density at radius 3 is 2.35 bits per heavy atom. The van der Waals surface area contributed by atoms with Gasteiger partial charge in [-0.3, -0.25) is 4.79 Å². The maximum atomic E-state index is 13.3. The van der Waals surface area contributed by atoms with Crippen molar-refractivity contribution < 1.29 is 23.9 Å². The van der Waals surface area contributed by atoms with E-state index in [1.54, 1.807) is 61.5 Å². The standard InChI is InChI=1S/C32H25BrN2O5/c1-3-39-32(38)29-20(2)35(23-12-5-4-6-13-23)28-17-16-24(19-26(28)29)40-31(37)25-14-7-8-15-27(25)34-30(36)21-10-9-11-22(33)18-21/h4-19H,3H2,1-2H3,(H,34,36). The van der Waals surface area contributed by atoms with Crippen molar-refractivity contribution in [3.8, 4) is 11.4 Å². The van der Waals surface area contributed by atoms with Crippen molar-refractivity contribution >= 4 is 50.4 Å². The van der Waals surface area contributed by atoms with E-state index >= 15 is 0 Å². The van der Waals surface area contributed by atoms with Crippen molar-refractivity contribution in [1.82, 2.24) is 4.57 Å². The number of aromatic nitrogens is 1. The van der Waals surface area contributed by atoms with Gasteiger partial charge in [0.25, 0.3) is 5.91 Å². The second-order valence-corrected chi connectivity index (χ2v) is 9.85. The smallest absolute Gasteiger partial charge is 0.345 e. The highest BCUT2D eigenvalue weighted by Gasteiger charge is 2.23. The zero-order valence-corrected chi connectivity index (χ0v) is 23.4. The number of para-hydroxylation sites is 2. The van der Waals surface area contributed by atoms with Crippen LogP contribution >= 0.6 is 15.9 Å². The summed E-state index contributed by atoms with van der Waals surface area (Å²) in [6.07, 6.45) is 0. The van der Waals surface area contributed by atoms with Crippen LogP contribution in [-0.2, 0) is 4.74 Å². The molecule has 7 nitrogen and oxygen atoms in total. The molecule has 0 saturated heterocycles. The molecule has 0 radical (unpaired) electrons. The molecule has 5 rings (SSSR count). The summed E-state index contributed by atoms with van der Waals surface area (Å²) in [5.74, 6) is -1.22. The second-order valence-electron chi connectivity index (χ2n) is 8.93. The molecule has 4 aromatic carbocycles. The number of benzene rings is 4. The molecular formula is C32H25BrN2O5. The largest absolute Gasteiger partial charge is 0.462 e. The highest BCUT2D eigenvalue weighted by Crippen LogP contribution is 2.33. The van der Waals surface area contributed by atoms with Crippen molar-refractivity contribution in [3.05, 3.63) is 124 Å². The molecule has 8 heteroatoms. The Morgan fingerprint density at radius 1 is 0.850 bits per heavy atom. The third-order valence-electron chi connectivity index (χ3n) is 6.36. The molecule has 1 N–H and O–H groups in total. The van der Waals surface area contributed by atoms with Crippen LogP contribution in [0.15, 0.2) is 102 Å². The van der Waals surface area contributed by atoms with Gasteiger partial charge in [0.1, 0.15) is 5.75 Å². The Morgan fingerprint density at radius 2 is 1.60 bits per heavy atom. The number of hydrogen-bond donors (Lipinski definition) is 1. The monoisotopic (exact) mass is 596 g/mol. The topological polar surface area (TPSA) is 86.6 Å². The van der Waals surface area contributed by atoms with Crippen LogP contribution in [0.4, 0.5) is 5.69 Å². The highest BCUT2D eigenvalue weighted by molar-refractivity contribution is 9.10. The van der Waals surface area contributed by atoms with Gasteiger partial charge >= 0.3 is 11.9 Å². The Bertz CT molecular complexity index is 1740. The van der Waals surface area contributed by atoms with Crippen molar-refractivity contribution in [2.75, 3.05) is 11.9 Å². The van der Waals surface area contributed by atoms with E-state index in [-0.39, 0.29) is 23.8 Å². The number of carbonyl (C=O) groups is 3. The first-order valence-corrected chi connectivity index (χ1v) is 13.4. The van der Waals surface area contributed by atoms with Crippen LogP contribution in [0.5, 0.6) is 5.75 Å². The average molecular weight is 597 g/mol. The minimum absolute atomic E-state index is 0.189. The summed E-state index contributed by atoms with van der Waals surface area (Å²) < 4.78 is 13.8. The molecule has 0 aliphatic carbocycles. The summed E-state index contributed by atoms with van der Waals surface area (Å²) in [5.41, 5.74) is 3.72. The number of carbonyl (C=O) groups excluding carboxylic acids is 3. The number of rotatable bonds is 7. The van der Waals surface area contributed by atoms with Crippen LogP contribution < -0.4 is 10.1 Å². The molecule has 1 aromatic heterocycles. The SMILES string of the molecule is CCOC(=O)c1c(C)n(-c2ccccc2)c2ccc(OC(=O)c3ccccc3NC(=O)c3cccc(Br)c3)cc12. The number of hydrogen-bond acceptors (Lipinski definition) is 5. The van der Waals surface area contributed by atoms with E-state index in [1.807, 2.05) is 54.0 Å². The van der Waals surface area contributed by atoms with E-state index < -0.39 is 11.9 Å². The van der Waals surface area contributed by atoms with Gasteiger partial charge < -0.3 is 19.4 Å². The quantitative estimate of drug-likeness (QED) is 0.157. The van der Waals surface area contributed by atoms with E-state index in [4.69, 9.17) is 9.47 Å². The summed E-state index contributed by atoms with van der Waals surface area (Å²) in [6.45, 7) is 3.84. The number of fused-ring (bicyclic) bond motifs is 1. The number of amides is 1. The minimum atomic E-state index is -0.651. The molecule has 0 unspecified atom stereocenters. The van der Waals surface area contributed by atoms with Crippen LogP contribution in [0, 0.1) is 6.92 Å². The number of esters is 2. The normalized spacial score (nSPS) is 10.8. The first kappa shape index (κ1) is 26.9. The van der Waals surface area contributed by atoms with Crippen molar-refractivity contribution in [2.45, 2.75) is 13.8 Å². The molecule has 0 spiro atoms. The van der Waals surface area contributed by atoms with E-state index in [0.717, 1.165) is 15.7 Å². The fourth-order valence-corrected chi connectivity index (χ4v) is 4.99. The molecule has 0 fully saturated rings. The third-order valence-corrected chi connectivity index (χ3v) is 6.86. The maximum absolute atomic E-state index is 13.3. The van der Waals surface area contributed by atoms with Gasteiger partial charge in [-0.2, -0.15) is 0 Å². The lowest BCUT2D eigenvalue weighted by Crippen LogP contribution is -2.17. The Hall–Kier alpha value is -4.69. The number of nitrogens with one attached hydrogen (secondary N) is 1. The van der Waals surface area contributed by atoms with Gasteiger partial charge in [-0.15, -0.1) is 0 Å². The van der Waals surface area contributed by atoms with E-state index in [0.29, 0.717) is 27.9 Å². The Kier molecular flexibility index (Phi) is 7.79. The zero-order chi connectivity index (χ0) is 28.2. The third kappa shape index (κ3) is 5.39. The molecule has 1 amide bonds. The lowest BCUT2D eigenvalue weighted by Gasteiger charge is -2.12. The van der Waals surface area contributed by atoms with Crippen LogP contribution in [0.25, 0.3) is 16.6 Å². The molecule has 200 valence electrons. The summed E-state index contributed by atoms with van der Waals surface area (Å²) in [5, 5.41) is 3.39. The van der Waals surface area contributed by atoms with Crippen molar-refractivity contribution in [1.29, 1.82) is 0 Å². The van der Waals surface area contributed by atoms with Crippen LogP contribution in [0.1, 0.15) is 43.7 Å². The number of anilines is 1. The summed E-state index contributed by atoms with van der Waals surface area (Å²) in [6, 6.07) is 28.4. The number of ether oxygens (including phenoxy) is 2. The summed E-state index contributed by atoms with van der Waals surface area (Å²) in [7, 11) is 0. The first-order valence-electron chi connectivity index (χ1n) is 12.6. The zero-order valence-electron chi connectivity index (χ0n) is 21.8. The second kappa shape index (κ2) is 11.6. The van der Waals surface area contributed by atoms with Crippen molar-refractivity contribution in [3.63, 3.8) is 0 Å².